The number of hydrogen-bond donors (Lipinski definition) is 2. The van der Waals surface area contributed by atoms with Gasteiger partial charge in [0.15, 0.2) is 0 Å². The van der Waals surface area contributed by atoms with E-state index < -0.39 is 18.0 Å². The van der Waals surface area contributed by atoms with Crippen LogP contribution in [-0.4, -0.2) is 51.2 Å². The molecule has 3 amide bonds. The Balaban J connectivity index is 1.43. The molecule has 9 heteroatoms. The maximum absolute atomic E-state index is 13.3. The molecule has 30 heavy (non-hydrogen) atoms. The first-order valence-corrected chi connectivity index (χ1v) is 10.4. The summed E-state index contributed by atoms with van der Waals surface area (Å²) in [4.78, 5) is 48.2. The predicted octanol–water partition coefficient (Wildman–Crippen LogP) is 2.17. The normalized spacial score (nSPS) is 20.2. The van der Waals surface area contributed by atoms with Crippen LogP contribution in [0.1, 0.15) is 27.3 Å². The molecular weight excluding hydrogens is 402 g/mol. The molecule has 2 aliphatic rings. The maximum Gasteiger partial charge on any atom is 0.271 e. The predicted molar refractivity (Wildman–Crippen MR) is 111 cm³/mol. The monoisotopic (exact) mass is 419 g/mol. The van der Waals surface area contributed by atoms with Crippen LogP contribution in [0.3, 0.4) is 0 Å². The number of nitrogens with one attached hydrogen (secondary N) is 2. The van der Waals surface area contributed by atoms with Crippen LogP contribution in [0.15, 0.2) is 53.6 Å². The van der Waals surface area contributed by atoms with Gasteiger partial charge in [0.25, 0.3) is 11.8 Å². The second kappa shape index (κ2) is 7.34. The third-order valence-electron chi connectivity index (χ3n) is 5.40. The van der Waals surface area contributed by atoms with E-state index in [1.54, 1.807) is 22.3 Å². The van der Waals surface area contributed by atoms with Crippen LogP contribution in [0.25, 0.3) is 11.1 Å². The minimum atomic E-state index is -0.782. The molecule has 2 atom stereocenters. The maximum atomic E-state index is 13.3. The number of fused-ring (bicyclic) bond motifs is 2. The highest BCUT2D eigenvalue weighted by Crippen LogP contribution is 2.32. The standard InChI is InChI=1S/C21H17N5O3S/c27-19(17-10-22-5-6-23-17)25-16-3-7-26-18(16)20(28)24-15-2-1-12(9-14(15)21(26)29)13-4-8-30-11-13/h1-2,4-6,8-11,16,18H,3,7H2,(H,24,28)(H,25,27)/t16-,18-/m0/s1. The number of anilines is 1. The van der Waals surface area contributed by atoms with Gasteiger partial charge in [-0.15, -0.1) is 0 Å². The summed E-state index contributed by atoms with van der Waals surface area (Å²) >= 11 is 1.58. The summed E-state index contributed by atoms with van der Waals surface area (Å²) in [6, 6.07) is 6.16. The van der Waals surface area contributed by atoms with E-state index in [4.69, 9.17) is 0 Å². The van der Waals surface area contributed by atoms with Gasteiger partial charge in [0.1, 0.15) is 11.7 Å². The van der Waals surface area contributed by atoms with E-state index in [1.165, 1.54) is 18.6 Å². The molecule has 2 aromatic heterocycles. The molecule has 5 rings (SSSR count). The summed E-state index contributed by atoms with van der Waals surface area (Å²) in [7, 11) is 0. The Morgan fingerprint density at radius 1 is 1.20 bits per heavy atom. The van der Waals surface area contributed by atoms with Gasteiger partial charge < -0.3 is 15.5 Å². The molecule has 8 nitrogen and oxygen atoms in total. The van der Waals surface area contributed by atoms with Gasteiger partial charge in [-0.05, 0) is 46.5 Å². The van der Waals surface area contributed by atoms with Crippen LogP contribution in [0, 0.1) is 0 Å². The van der Waals surface area contributed by atoms with E-state index in [9.17, 15) is 14.4 Å². The van der Waals surface area contributed by atoms with Crippen molar-refractivity contribution < 1.29 is 14.4 Å². The van der Waals surface area contributed by atoms with Crippen molar-refractivity contribution >= 4 is 34.7 Å². The van der Waals surface area contributed by atoms with Crippen molar-refractivity contribution in [2.75, 3.05) is 11.9 Å². The lowest BCUT2D eigenvalue weighted by Crippen LogP contribution is -2.51. The third-order valence-corrected chi connectivity index (χ3v) is 6.09. The van der Waals surface area contributed by atoms with E-state index in [0.717, 1.165) is 11.1 Å². The highest BCUT2D eigenvalue weighted by Gasteiger charge is 2.45. The quantitative estimate of drug-likeness (QED) is 0.677. The van der Waals surface area contributed by atoms with E-state index in [2.05, 4.69) is 20.6 Å². The summed E-state index contributed by atoms with van der Waals surface area (Å²) in [5.41, 5.74) is 3.05. The molecule has 1 fully saturated rings. The highest BCUT2D eigenvalue weighted by molar-refractivity contribution is 7.08. The van der Waals surface area contributed by atoms with Crippen molar-refractivity contribution in [3.05, 3.63) is 64.9 Å². The zero-order valence-electron chi connectivity index (χ0n) is 15.7. The molecule has 1 saturated heterocycles. The SMILES string of the molecule is O=C(N[C@H]1CCN2C(=O)c3cc(-c4ccsc4)ccc3NC(=O)[C@H]12)c1cnccn1. The topological polar surface area (TPSA) is 104 Å². The second-order valence-corrected chi connectivity index (χ2v) is 7.94. The molecule has 0 spiro atoms. The first-order chi connectivity index (χ1) is 14.6. The molecule has 2 aliphatic heterocycles. The van der Waals surface area contributed by atoms with E-state index in [1.807, 2.05) is 29.0 Å². The first-order valence-electron chi connectivity index (χ1n) is 9.47. The number of amides is 3. The molecule has 0 saturated carbocycles. The Kier molecular flexibility index (Phi) is 4.51. The number of thiophene rings is 1. The average molecular weight is 419 g/mol. The number of hydrogen-bond acceptors (Lipinski definition) is 6. The molecule has 0 radical (unpaired) electrons. The molecule has 4 heterocycles. The van der Waals surface area contributed by atoms with Crippen molar-refractivity contribution in [2.45, 2.75) is 18.5 Å². The molecule has 2 N–H and O–H groups in total. The smallest absolute Gasteiger partial charge is 0.271 e. The molecule has 1 aromatic carbocycles. The van der Waals surface area contributed by atoms with E-state index in [-0.39, 0.29) is 17.5 Å². The molecular formula is C21H17N5O3S. The average Bonchev–Trinajstić information content (AvgIpc) is 3.42. The fourth-order valence-corrected chi connectivity index (χ4v) is 4.62. The Labute approximate surface area is 176 Å². The van der Waals surface area contributed by atoms with Crippen LogP contribution in [0.4, 0.5) is 5.69 Å². The zero-order valence-corrected chi connectivity index (χ0v) is 16.6. The number of rotatable bonds is 3. The van der Waals surface area contributed by atoms with Crippen molar-refractivity contribution in [3.63, 3.8) is 0 Å². The van der Waals surface area contributed by atoms with Crippen molar-refractivity contribution in [2.24, 2.45) is 0 Å². The van der Waals surface area contributed by atoms with Crippen LogP contribution >= 0.6 is 11.3 Å². The Hall–Kier alpha value is -3.59. The van der Waals surface area contributed by atoms with Gasteiger partial charge in [0.2, 0.25) is 5.91 Å². The van der Waals surface area contributed by atoms with Crippen LogP contribution in [-0.2, 0) is 4.79 Å². The van der Waals surface area contributed by atoms with Gasteiger partial charge in [0, 0.05) is 18.9 Å². The van der Waals surface area contributed by atoms with E-state index >= 15 is 0 Å². The number of aromatic nitrogens is 2. The largest absolute Gasteiger partial charge is 0.345 e. The lowest BCUT2D eigenvalue weighted by Gasteiger charge is -2.24. The molecule has 3 aromatic rings. The fourth-order valence-electron chi connectivity index (χ4n) is 3.95. The van der Waals surface area contributed by atoms with Crippen LogP contribution < -0.4 is 10.6 Å². The lowest BCUT2D eigenvalue weighted by molar-refractivity contribution is -0.120. The van der Waals surface area contributed by atoms with Crippen molar-refractivity contribution in [1.82, 2.24) is 20.2 Å². The highest BCUT2D eigenvalue weighted by atomic mass is 32.1. The first kappa shape index (κ1) is 18.4. The summed E-state index contributed by atoms with van der Waals surface area (Å²) in [6.45, 7) is 0.379. The summed E-state index contributed by atoms with van der Waals surface area (Å²) in [6.07, 6.45) is 4.75. The van der Waals surface area contributed by atoms with Gasteiger partial charge in [0.05, 0.1) is 23.5 Å². The Morgan fingerprint density at radius 2 is 2.10 bits per heavy atom. The molecule has 0 aliphatic carbocycles. The number of carbonyl (C=O) groups is 3. The number of nitrogens with zero attached hydrogens (tertiary/aromatic N) is 3. The minimum absolute atomic E-state index is 0.167. The van der Waals surface area contributed by atoms with Crippen molar-refractivity contribution in [1.29, 1.82) is 0 Å². The number of carbonyl (C=O) groups excluding carboxylic acids is 3. The van der Waals surface area contributed by atoms with Crippen molar-refractivity contribution in [3.8, 4) is 11.1 Å². The molecule has 0 unspecified atom stereocenters. The zero-order chi connectivity index (χ0) is 20.7. The van der Waals surface area contributed by atoms with Gasteiger partial charge in [-0.25, -0.2) is 4.98 Å². The van der Waals surface area contributed by atoms with Crippen LogP contribution in [0.2, 0.25) is 0 Å². The number of benzene rings is 1. The third kappa shape index (κ3) is 3.13. The Bertz CT molecular complexity index is 1130. The minimum Gasteiger partial charge on any atom is -0.345 e. The van der Waals surface area contributed by atoms with Gasteiger partial charge in [-0.1, -0.05) is 6.07 Å². The summed E-state index contributed by atoms with van der Waals surface area (Å²) in [5, 5.41) is 9.69. The lowest BCUT2D eigenvalue weighted by atomic mass is 10.0. The van der Waals surface area contributed by atoms with Crippen LogP contribution in [0.5, 0.6) is 0 Å². The second-order valence-electron chi connectivity index (χ2n) is 7.16. The van der Waals surface area contributed by atoms with Gasteiger partial charge in [-0.3, -0.25) is 19.4 Å². The van der Waals surface area contributed by atoms with Gasteiger partial charge in [-0.2, -0.15) is 11.3 Å². The fraction of sp³-hybridized carbons (Fsp3) is 0.190. The summed E-state index contributed by atoms with van der Waals surface area (Å²) in [5.74, 6) is -0.953. The molecule has 150 valence electrons. The summed E-state index contributed by atoms with van der Waals surface area (Å²) < 4.78 is 0. The van der Waals surface area contributed by atoms with Gasteiger partial charge >= 0.3 is 0 Å². The Morgan fingerprint density at radius 3 is 2.87 bits per heavy atom. The van der Waals surface area contributed by atoms with E-state index in [0.29, 0.717) is 24.2 Å². The molecule has 0 bridgehead atoms.